The van der Waals surface area contributed by atoms with E-state index in [-0.39, 0.29) is 11.3 Å². The van der Waals surface area contributed by atoms with E-state index < -0.39 is 0 Å². The number of aryl methyl sites for hydroxylation is 1. The van der Waals surface area contributed by atoms with Crippen molar-refractivity contribution in [2.24, 2.45) is 5.92 Å². The van der Waals surface area contributed by atoms with Crippen molar-refractivity contribution in [1.82, 2.24) is 0 Å². The van der Waals surface area contributed by atoms with Gasteiger partial charge in [-0.1, -0.05) is 182 Å². The summed E-state index contributed by atoms with van der Waals surface area (Å²) in [5, 5.41) is 2.28. The van der Waals surface area contributed by atoms with Gasteiger partial charge in [-0.3, -0.25) is 0 Å². The van der Waals surface area contributed by atoms with Crippen LogP contribution >= 0.6 is 0 Å². The molecule has 0 fully saturated rings. The second-order valence-corrected chi connectivity index (χ2v) is 16.7. The van der Waals surface area contributed by atoms with Gasteiger partial charge in [0.25, 0.3) is 0 Å². The van der Waals surface area contributed by atoms with Gasteiger partial charge in [-0.05, 0) is 117 Å². The third kappa shape index (κ3) is 5.70. The van der Waals surface area contributed by atoms with E-state index in [0.29, 0.717) is 0 Å². The van der Waals surface area contributed by atoms with Gasteiger partial charge in [0.2, 0.25) is 0 Å². The van der Waals surface area contributed by atoms with Crippen molar-refractivity contribution >= 4 is 45.0 Å². The van der Waals surface area contributed by atoms with E-state index in [1.165, 1.54) is 50.1 Å². The highest BCUT2D eigenvalue weighted by Gasteiger charge is 2.49. The molecule has 2 heteroatoms. The van der Waals surface area contributed by atoms with Crippen LogP contribution in [0.3, 0.4) is 0 Å². The number of nitrogens with zero attached hydrogens (tertiary/aromatic N) is 1. The zero-order chi connectivity index (χ0) is 40.3. The summed E-state index contributed by atoms with van der Waals surface area (Å²) in [5.74, 6) is 0.200. The van der Waals surface area contributed by atoms with Gasteiger partial charge < -0.3 is 9.32 Å². The molecule has 0 aliphatic heterocycles. The summed E-state index contributed by atoms with van der Waals surface area (Å²) in [4.78, 5) is 2.44. The zero-order valence-electron chi connectivity index (χ0n) is 33.8. The summed E-state index contributed by atoms with van der Waals surface area (Å²) in [5.41, 5.74) is 19.3. The van der Waals surface area contributed by atoms with Crippen molar-refractivity contribution in [2.75, 3.05) is 4.90 Å². The van der Waals surface area contributed by atoms with E-state index in [1.54, 1.807) is 0 Å². The first-order valence-corrected chi connectivity index (χ1v) is 21.6. The maximum absolute atomic E-state index is 6.55. The van der Waals surface area contributed by atoms with Crippen LogP contribution in [0.4, 0.5) is 11.4 Å². The summed E-state index contributed by atoms with van der Waals surface area (Å²) in [6.45, 7) is 0. The van der Waals surface area contributed by atoms with E-state index >= 15 is 0 Å². The number of hydrogen-bond acceptors (Lipinski definition) is 2. The van der Waals surface area contributed by atoms with Gasteiger partial charge in [-0.15, -0.1) is 0 Å². The number of fused-ring (bicyclic) bond motifs is 7. The topological polar surface area (TPSA) is 16.4 Å². The minimum absolute atomic E-state index is 0.200. The molecule has 3 aliphatic rings. The number of hydrogen-bond donors (Lipinski definition) is 0. The lowest BCUT2D eigenvalue weighted by Crippen LogP contribution is -2.36. The van der Waals surface area contributed by atoms with Gasteiger partial charge in [0.05, 0.1) is 5.41 Å². The van der Waals surface area contributed by atoms with E-state index in [1.807, 2.05) is 6.07 Å². The number of benzene rings is 8. The molecule has 2 nitrogen and oxygen atoms in total. The molecule has 0 spiro atoms. The van der Waals surface area contributed by atoms with E-state index in [9.17, 15) is 0 Å². The highest BCUT2D eigenvalue weighted by molar-refractivity contribution is 6.09. The Hall–Kier alpha value is -7.42. The monoisotopic (exact) mass is 781 g/mol. The van der Waals surface area contributed by atoms with E-state index in [4.69, 9.17) is 4.42 Å². The smallest absolute Gasteiger partial charge is 0.143 e. The minimum Gasteiger partial charge on any atom is -0.455 e. The van der Waals surface area contributed by atoms with Crippen molar-refractivity contribution < 1.29 is 4.42 Å². The van der Waals surface area contributed by atoms with Crippen molar-refractivity contribution in [1.29, 1.82) is 0 Å². The third-order valence-corrected chi connectivity index (χ3v) is 13.5. The first kappa shape index (κ1) is 35.5. The first-order chi connectivity index (χ1) is 30.2. The maximum Gasteiger partial charge on any atom is 0.143 e. The average Bonchev–Trinajstić information content (AvgIpc) is 3.87. The van der Waals surface area contributed by atoms with Gasteiger partial charge >= 0.3 is 0 Å². The Morgan fingerprint density at radius 3 is 2.02 bits per heavy atom. The maximum atomic E-state index is 6.55. The Bertz CT molecular complexity index is 3190. The molecule has 1 heterocycles. The molecule has 1 atom stereocenters. The van der Waals surface area contributed by atoms with Crippen LogP contribution in [-0.2, 0) is 11.8 Å². The molecule has 0 radical (unpaired) electrons. The highest BCUT2D eigenvalue weighted by atomic mass is 16.3. The summed E-state index contributed by atoms with van der Waals surface area (Å²) < 4.78 is 6.55. The van der Waals surface area contributed by atoms with Gasteiger partial charge in [0.15, 0.2) is 0 Å². The molecule has 3 aliphatic carbocycles. The van der Waals surface area contributed by atoms with Crippen LogP contribution in [0.1, 0.15) is 46.2 Å². The summed E-state index contributed by atoms with van der Waals surface area (Å²) in [6.07, 6.45) is 12.7. The molecule has 0 amide bonds. The summed E-state index contributed by atoms with van der Waals surface area (Å²) in [6, 6.07) is 71.1. The SMILES string of the molecule is C1=CC(C2(c3ccccc3)c3ccccc3-c3ccccc32)CC=C1N(c1ccc(C2=Cc3ccccc3CC2)cc1)c1cccc(-c2cccc3c2oc2ccccc23)c1. The number of allylic oxidation sites excluding steroid dienone is 4. The standard InChI is InChI=1S/C59H43NO/c1-2-17-45(18-3-1)59(55-25-9-6-20-51(55)52-21-7-10-26-56(52)59)46-32-36-48(37-33-46)60(47-34-30-41(31-35-47)43-29-28-40-14-4-5-15-42(40)38-43)49-19-12-16-44(39-49)50-23-13-24-54-53-22-8-11-27-57(53)61-58(50)54/h1-27,30-32,34-39,46H,28-29,33H2. The predicted octanol–water partition coefficient (Wildman–Crippen LogP) is 15.4. The fraction of sp³-hybridized carbons (Fsp3) is 0.0847. The Morgan fingerprint density at radius 1 is 0.525 bits per heavy atom. The largest absolute Gasteiger partial charge is 0.455 e. The van der Waals surface area contributed by atoms with Gasteiger partial charge in [0, 0.05) is 33.4 Å². The van der Waals surface area contributed by atoms with Gasteiger partial charge in [0.1, 0.15) is 11.2 Å². The molecule has 0 saturated heterocycles. The predicted molar refractivity (Wildman–Crippen MR) is 254 cm³/mol. The van der Waals surface area contributed by atoms with Crippen molar-refractivity contribution in [3.63, 3.8) is 0 Å². The second kappa shape index (κ2) is 14.4. The molecule has 12 rings (SSSR count). The third-order valence-electron chi connectivity index (χ3n) is 13.5. The molecule has 8 aromatic carbocycles. The van der Waals surface area contributed by atoms with Crippen LogP contribution < -0.4 is 4.90 Å². The molecule has 1 aromatic heterocycles. The van der Waals surface area contributed by atoms with Crippen molar-refractivity contribution in [3.05, 3.63) is 251 Å². The molecule has 1 unspecified atom stereocenters. The number of furan rings is 1. The second-order valence-electron chi connectivity index (χ2n) is 16.7. The van der Waals surface area contributed by atoms with Crippen LogP contribution in [0, 0.1) is 5.92 Å². The van der Waals surface area contributed by atoms with Gasteiger partial charge in [-0.25, -0.2) is 0 Å². The number of anilines is 2. The van der Waals surface area contributed by atoms with Crippen LogP contribution in [0.2, 0.25) is 0 Å². The number of para-hydroxylation sites is 2. The average molecular weight is 782 g/mol. The Balaban J connectivity index is 0.974. The number of rotatable bonds is 7. The van der Waals surface area contributed by atoms with E-state index in [2.05, 4.69) is 217 Å². The van der Waals surface area contributed by atoms with E-state index in [0.717, 1.165) is 69.4 Å². The molecular weight excluding hydrogens is 739 g/mol. The first-order valence-electron chi connectivity index (χ1n) is 21.6. The van der Waals surface area contributed by atoms with Crippen LogP contribution in [0.25, 0.3) is 55.8 Å². The Kier molecular flexibility index (Phi) is 8.38. The highest BCUT2D eigenvalue weighted by Crippen LogP contribution is 2.58. The fourth-order valence-corrected chi connectivity index (χ4v) is 10.7. The molecular formula is C59H43NO. The lowest BCUT2D eigenvalue weighted by Gasteiger charge is -2.40. The molecule has 9 aromatic rings. The molecule has 290 valence electrons. The molecule has 0 saturated carbocycles. The minimum atomic E-state index is -0.322. The van der Waals surface area contributed by atoms with Crippen LogP contribution in [0.15, 0.2) is 222 Å². The summed E-state index contributed by atoms with van der Waals surface area (Å²) in [7, 11) is 0. The molecule has 0 N–H and O–H groups in total. The zero-order valence-corrected chi connectivity index (χ0v) is 33.8. The lowest BCUT2D eigenvalue weighted by molar-refractivity contribution is 0.456. The normalized spacial score (nSPS) is 16.1. The van der Waals surface area contributed by atoms with Crippen molar-refractivity contribution in [3.8, 4) is 22.3 Å². The van der Waals surface area contributed by atoms with Crippen molar-refractivity contribution in [2.45, 2.75) is 24.7 Å². The lowest BCUT2D eigenvalue weighted by atomic mass is 9.62. The fourth-order valence-electron chi connectivity index (χ4n) is 10.7. The Labute approximate surface area is 357 Å². The van der Waals surface area contributed by atoms with Gasteiger partial charge in [-0.2, -0.15) is 0 Å². The Morgan fingerprint density at radius 2 is 1.21 bits per heavy atom. The van der Waals surface area contributed by atoms with Crippen LogP contribution in [0.5, 0.6) is 0 Å². The molecule has 0 bridgehead atoms. The quantitative estimate of drug-likeness (QED) is 0.160. The van der Waals surface area contributed by atoms with Crippen LogP contribution in [-0.4, -0.2) is 0 Å². The summed E-state index contributed by atoms with van der Waals surface area (Å²) >= 11 is 0. The molecule has 61 heavy (non-hydrogen) atoms.